The number of nitrogens with one attached hydrogen (secondary N) is 1. The van der Waals surface area contributed by atoms with Gasteiger partial charge in [-0.2, -0.15) is 0 Å². The van der Waals surface area contributed by atoms with Gasteiger partial charge in [0.25, 0.3) is 0 Å². The Labute approximate surface area is 132 Å². The molecule has 0 amide bonds. The van der Waals surface area contributed by atoms with E-state index < -0.39 is 5.82 Å². The molecule has 0 saturated heterocycles. The zero-order chi connectivity index (χ0) is 15.4. The van der Waals surface area contributed by atoms with Crippen LogP contribution in [0, 0.1) is 12.7 Å². The van der Waals surface area contributed by atoms with Crippen molar-refractivity contribution in [2.45, 2.75) is 33.4 Å². The van der Waals surface area contributed by atoms with Gasteiger partial charge in [-0.05, 0) is 36.8 Å². The van der Waals surface area contributed by atoms with E-state index in [0.717, 1.165) is 22.1 Å². The molecule has 1 aromatic carbocycles. The molecule has 0 fully saturated rings. The van der Waals surface area contributed by atoms with E-state index in [2.05, 4.69) is 40.1 Å². The first-order valence-electron chi connectivity index (χ1n) is 6.77. The van der Waals surface area contributed by atoms with Crippen LogP contribution in [0.2, 0.25) is 0 Å². The van der Waals surface area contributed by atoms with E-state index in [-0.39, 0.29) is 5.75 Å². The molecule has 1 aromatic heterocycles. The molecule has 2 rings (SSSR count). The third-order valence-corrected chi connectivity index (χ3v) is 3.39. The van der Waals surface area contributed by atoms with Crippen molar-refractivity contribution in [3.05, 3.63) is 51.9 Å². The van der Waals surface area contributed by atoms with Crippen LogP contribution in [0.15, 0.2) is 34.9 Å². The zero-order valence-electron chi connectivity index (χ0n) is 12.3. The van der Waals surface area contributed by atoms with Crippen LogP contribution in [0.5, 0.6) is 11.6 Å². The van der Waals surface area contributed by atoms with E-state index in [9.17, 15) is 4.39 Å². The average Bonchev–Trinajstić information content (AvgIpc) is 2.43. The Morgan fingerprint density at radius 3 is 2.76 bits per heavy atom. The molecule has 0 aliphatic rings. The highest BCUT2D eigenvalue weighted by atomic mass is 79.9. The molecule has 0 atom stereocenters. The SMILES string of the molecule is Cc1cc(CNC(C)C)cnc1Oc1cc(Br)ccc1F. The van der Waals surface area contributed by atoms with Gasteiger partial charge in [0.15, 0.2) is 11.6 Å². The highest BCUT2D eigenvalue weighted by Gasteiger charge is 2.09. The second-order valence-corrected chi connectivity index (χ2v) is 6.09. The molecule has 0 aliphatic carbocycles. The fraction of sp³-hybridized carbons (Fsp3) is 0.312. The Hall–Kier alpha value is -1.46. The Balaban J connectivity index is 2.15. The lowest BCUT2D eigenvalue weighted by Crippen LogP contribution is -2.21. The van der Waals surface area contributed by atoms with Gasteiger partial charge in [-0.25, -0.2) is 9.37 Å². The number of hydrogen-bond donors (Lipinski definition) is 1. The highest BCUT2D eigenvalue weighted by Crippen LogP contribution is 2.28. The molecule has 2 aromatic rings. The van der Waals surface area contributed by atoms with Crippen molar-refractivity contribution in [1.29, 1.82) is 0 Å². The minimum absolute atomic E-state index is 0.160. The van der Waals surface area contributed by atoms with Crippen molar-refractivity contribution in [3.8, 4) is 11.6 Å². The van der Waals surface area contributed by atoms with E-state index >= 15 is 0 Å². The van der Waals surface area contributed by atoms with E-state index in [0.29, 0.717) is 11.9 Å². The minimum Gasteiger partial charge on any atom is -0.436 e. The summed E-state index contributed by atoms with van der Waals surface area (Å²) in [7, 11) is 0. The summed E-state index contributed by atoms with van der Waals surface area (Å²) in [6, 6.07) is 6.98. The van der Waals surface area contributed by atoms with E-state index in [4.69, 9.17) is 4.74 Å². The van der Waals surface area contributed by atoms with Gasteiger partial charge in [0.2, 0.25) is 5.88 Å². The third-order valence-electron chi connectivity index (χ3n) is 2.90. The molecule has 1 N–H and O–H groups in total. The van der Waals surface area contributed by atoms with Gasteiger partial charge in [0.05, 0.1) is 0 Å². The van der Waals surface area contributed by atoms with Gasteiger partial charge in [0, 0.05) is 28.8 Å². The molecule has 0 saturated carbocycles. The number of halogens is 2. The van der Waals surface area contributed by atoms with E-state index in [1.54, 1.807) is 18.3 Å². The Morgan fingerprint density at radius 2 is 2.10 bits per heavy atom. The van der Waals surface area contributed by atoms with Gasteiger partial charge in [-0.1, -0.05) is 29.8 Å². The summed E-state index contributed by atoms with van der Waals surface area (Å²) >= 11 is 3.30. The molecule has 3 nitrogen and oxygen atoms in total. The van der Waals surface area contributed by atoms with Gasteiger partial charge in [-0.3, -0.25) is 0 Å². The number of hydrogen-bond acceptors (Lipinski definition) is 3. The average molecular weight is 353 g/mol. The van der Waals surface area contributed by atoms with Crippen LogP contribution in [-0.4, -0.2) is 11.0 Å². The second kappa shape index (κ2) is 7.00. The van der Waals surface area contributed by atoms with Crippen molar-refractivity contribution in [2.24, 2.45) is 0 Å². The lowest BCUT2D eigenvalue weighted by Gasteiger charge is -2.11. The fourth-order valence-electron chi connectivity index (χ4n) is 1.81. The maximum absolute atomic E-state index is 13.7. The summed E-state index contributed by atoms with van der Waals surface area (Å²) in [4.78, 5) is 4.28. The van der Waals surface area contributed by atoms with Gasteiger partial charge in [0.1, 0.15) is 0 Å². The van der Waals surface area contributed by atoms with Gasteiger partial charge >= 0.3 is 0 Å². The molecule has 0 radical (unpaired) electrons. The molecular formula is C16H18BrFN2O. The van der Waals surface area contributed by atoms with Crippen LogP contribution >= 0.6 is 15.9 Å². The van der Waals surface area contributed by atoms with Crippen molar-refractivity contribution in [2.75, 3.05) is 0 Å². The van der Waals surface area contributed by atoms with E-state index in [1.807, 2.05) is 13.0 Å². The molecule has 0 spiro atoms. The smallest absolute Gasteiger partial charge is 0.222 e. The fourth-order valence-corrected chi connectivity index (χ4v) is 2.15. The topological polar surface area (TPSA) is 34.2 Å². The minimum atomic E-state index is -0.412. The second-order valence-electron chi connectivity index (χ2n) is 5.18. The summed E-state index contributed by atoms with van der Waals surface area (Å²) in [6.45, 7) is 6.83. The van der Waals surface area contributed by atoms with Crippen molar-refractivity contribution in [3.63, 3.8) is 0 Å². The number of aromatic nitrogens is 1. The number of nitrogens with zero attached hydrogens (tertiary/aromatic N) is 1. The highest BCUT2D eigenvalue weighted by molar-refractivity contribution is 9.10. The predicted octanol–water partition coefficient (Wildman–Crippen LogP) is 4.58. The summed E-state index contributed by atoms with van der Waals surface area (Å²) in [5.41, 5.74) is 1.95. The summed E-state index contributed by atoms with van der Waals surface area (Å²) in [6.07, 6.45) is 1.74. The molecule has 1 heterocycles. The number of pyridine rings is 1. The summed E-state index contributed by atoms with van der Waals surface area (Å²) in [5.74, 6) is 0.165. The lowest BCUT2D eigenvalue weighted by atomic mass is 10.2. The maximum Gasteiger partial charge on any atom is 0.222 e. The van der Waals surface area contributed by atoms with Crippen LogP contribution in [0.25, 0.3) is 0 Å². The van der Waals surface area contributed by atoms with Crippen LogP contribution in [0.4, 0.5) is 4.39 Å². The summed E-state index contributed by atoms with van der Waals surface area (Å²) in [5, 5.41) is 3.33. The predicted molar refractivity (Wildman–Crippen MR) is 85.1 cm³/mol. The largest absolute Gasteiger partial charge is 0.436 e. The third kappa shape index (κ3) is 4.51. The van der Waals surface area contributed by atoms with Gasteiger partial charge in [-0.15, -0.1) is 0 Å². The molecule has 0 unspecified atom stereocenters. The maximum atomic E-state index is 13.7. The van der Waals surface area contributed by atoms with Crippen molar-refractivity contribution in [1.82, 2.24) is 10.3 Å². The monoisotopic (exact) mass is 352 g/mol. The summed E-state index contributed by atoms with van der Waals surface area (Å²) < 4.78 is 20.0. The van der Waals surface area contributed by atoms with Crippen LogP contribution in [0.3, 0.4) is 0 Å². The normalized spacial score (nSPS) is 11.0. The number of rotatable bonds is 5. The standard InChI is InChI=1S/C16H18BrFN2O/c1-10(2)19-8-12-6-11(3)16(20-9-12)21-15-7-13(17)4-5-14(15)18/h4-7,9-10,19H,8H2,1-3H3. The van der Waals surface area contributed by atoms with Crippen LogP contribution in [-0.2, 0) is 6.54 Å². The quantitative estimate of drug-likeness (QED) is 0.854. The number of ether oxygens (including phenoxy) is 1. The first-order chi connectivity index (χ1) is 9.95. The Morgan fingerprint density at radius 1 is 1.33 bits per heavy atom. The number of aryl methyl sites for hydroxylation is 1. The first kappa shape index (κ1) is 15.9. The Kier molecular flexibility index (Phi) is 5.31. The molecule has 21 heavy (non-hydrogen) atoms. The van der Waals surface area contributed by atoms with Crippen molar-refractivity contribution >= 4 is 15.9 Å². The van der Waals surface area contributed by atoms with Gasteiger partial charge < -0.3 is 10.1 Å². The number of benzene rings is 1. The van der Waals surface area contributed by atoms with E-state index in [1.165, 1.54) is 6.07 Å². The molecular weight excluding hydrogens is 335 g/mol. The lowest BCUT2D eigenvalue weighted by molar-refractivity contribution is 0.423. The molecule has 5 heteroatoms. The molecule has 0 aliphatic heterocycles. The van der Waals surface area contributed by atoms with Crippen molar-refractivity contribution < 1.29 is 9.13 Å². The molecule has 112 valence electrons. The Bertz CT molecular complexity index is 632. The van der Waals surface area contributed by atoms with Crippen LogP contribution < -0.4 is 10.1 Å². The zero-order valence-corrected chi connectivity index (χ0v) is 13.9. The first-order valence-corrected chi connectivity index (χ1v) is 7.57. The molecule has 0 bridgehead atoms. The van der Waals surface area contributed by atoms with Crippen LogP contribution in [0.1, 0.15) is 25.0 Å².